The Kier molecular flexibility index (Phi) is 3.07. The van der Waals surface area contributed by atoms with Crippen LogP contribution in [-0.2, 0) is 0 Å². The van der Waals surface area contributed by atoms with Crippen LogP contribution in [-0.4, -0.2) is 0 Å². The van der Waals surface area contributed by atoms with Crippen LogP contribution in [0.1, 0.15) is 31.9 Å². The molecule has 0 bridgehead atoms. The predicted octanol–water partition coefficient (Wildman–Crippen LogP) is 4.14. The van der Waals surface area contributed by atoms with E-state index >= 15 is 0 Å². The molecule has 1 aromatic rings. The minimum atomic E-state index is 1.17. The molecule has 1 aromatic carbocycles. The average Bonchev–Trinajstić information content (AvgIpc) is 2.17. The number of hydrogen-bond donors (Lipinski definition) is 0. The van der Waals surface area contributed by atoms with Crippen LogP contribution < -0.4 is 0 Å². The molecule has 0 atom stereocenters. The number of benzene rings is 1. The third kappa shape index (κ3) is 2.32. The second kappa shape index (κ2) is 4.08. The molecule has 0 aliphatic rings. The lowest BCUT2D eigenvalue weighted by Crippen LogP contribution is -1.82. The van der Waals surface area contributed by atoms with Crippen molar-refractivity contribution in [3.63, 3.8) is 0 Å². The fourth-order valence-electron chi connectivity index (χ4n) is 1.16. The van der Waals surface area contributed by atoms with E-state index in [-0.39, 0.29) is 0 Å². The molecule has 68 valence electrons. The molecule has 0 heteroatoms. The van der Waals surface area contributed by atoms with E-state index in [1.54, 1.807) is 0 Å². The van der Waals surface area contributed by atoms with Crippen molar-refractivity contribution in [3.05, 3.63) is 47.5 Å². The Morgan fingerprint density at radius 2 is 1.62 bits per heavy atom. The van der Waals surface area contributed by atoms with Gasteiger partial charge in [0.15, 0.2) is 0 Å². The first-order chi connectivity index (χ1) is 6.15. The molecule has 0 saturated carbocycles. The highest BCUT2D eigenvalue weighted by Crippen LogP contribution is 2.18. The van der Waals surface area contributed by atoms with E-state index in [2.05, 4.69) is 51.6 Å². The summed E-state index contributed by atoms with van der Waals surface area (Å²) in [6, 6.07) is 8.46. The maximum Gasteiger partial charge on any atom is -0.0228 e. The number of rotatable bonds is 2. The topological polar surface area (TPSA) is 0 Å². The van der Waals surface area contributed by atoms with Crippen LogP contribution in [0.15, 0.2) is 36.4 Å². The smallest absolute Gasteiger partial charge is 0.0228 e. The van der Waals surface area contributed by atoms with Gasteiger partial charge in [-0.2, -0.15) is 0 Å². The van der Waals surface area contributed by atoms with Crippen LogP contribution in [0, 0.1) is 0 Å². The maximum absolute atomic E-state index is 3.73. The summed E-state index contributed by atoms with van der Waals surface area (Å²) in [6.07, 6.45) is 1.86. The fraction of sp³-hybridized carbons (Fsp3) is 0.231. The van der Waals surface area contributed by atoms with Crippen LogP contribution in [0.5, 0.6) is 0 Å². The molecule has 0 aliphatic heterocycles. The molecule has 0 saturated heterocycles. The maximum atomic E-state index is 3.73. The molecule has 0 unspecified atom stereocenters. The van der Waals surface area contributed by atoms with E-state index in [1.807, 2.05) is 6.08 Å². The Morgan fingerprint density at radius 3 is 2.00 bits per heavy atom. The SMILES string of the molecule is C=Cc1ccc(C(C)=C(C)C)cc1. The molecular weight excluding hydrogens is 156 g/mol. The summed E-state index contributed by atoms with van der Waals surface area (Å²) in [5, 5.41) is 0. The molecule has 1 rings (SSSR count). The van der Waals surface area contributed by atoms with Crippen molar-refractivity contribution in [1.29, 1.82) is 0 Å². The van der Waals surface area contributed by atoms with Crippen LogP contribution in [0.3, 0.4) is 0 Å². The monoisotopic (exact) mass is 172 g/mol. The highest BCUT2D eigenvalue weighted by Gasteiger charge is 1.96. The minimum absolute atomic E-state index is 1.17. The van der Waals surface area contributed by atoms with Crippen molar-refractivity contribution in [1.82, 2.24) is 0 Å². The van der Waals surface area contributed by atoms with Crippen LogP contribution in [0.25, 0.3) is 11.6 Å². The molecule has 0 fully saturated rings. The zero-order chi connectivity index (χ0) is 9.84. The van der Waals surface area contributed by atoms with E-state index < -0.39 is 0 Å². The number of hydrogen-bond acceptors (Lipinski definition) is 0. The standard InChI is InChI=1S/C13H16/c1-5-12-6-8-13(9-7-12)11(4)10(2)3/h5-9H,1H2,2-4H3. The van der Waals surface area contributed by atoms with Gasteiger partial charge in [-0.25, -0.2) is 0 Å². The third-order valence-electron chi connectivity index (χ3n) is 2.33. The van der Waals surface area contributed by atoms with E-state index in [1.165, 1.54) is 22.3 Å². The first-order valence-corrected chi connectivity index (χ1v) is 4.52. The number of allylic oxidation sites excluding steroid dienone is 2. The first kappa shape index (κ1) is 9.79. The Balaban J connectivity index is 3.06. The summed E-state index contributed by atoms with van der Waals surface area (Å²) >= 11 is 0. The fourth-order valence-corrected chi connectivity index (χ4v) is 1.16. The van der Waals surface area contributed by atoms with Gasteiger partial charge in [-0.1, -0.05) is 42.5 Å². The molecule has 0 aliphatic carbocycles. The van der Waals surface area contributed by atoms with Gasteiger partial charge in [0, 0.05) is 0 Å². The molecule has 0 nitrogen and oxygen atoms in total. The van der Waals surface area contributed by atoms with E-state index in [0.717, 1.165) is 0 Å². The van der Waals surface area contributed by atoms with Crippen molar-refractivity contribution in [3.8, 4) is 0 Å². The summed E-state index contributed by atoms with van der Waals surface area (Å²) in [5.74, 6) is 0. The zero-order valence-electron chi connectivity index (χ0n) is 8.59. The molecule has 13 heavy (non-hydrogen) atoms. The predicted molar refractivity (Wildman–Crippen MR) is 60.5 cm³/mol. The molecule has 0 aromatic heterocycles. The van der Waals surface area contributed by atoms with Gasteiger partial charge in [-0.3, -0.25) is 0 Å². The van der Waals surface area contributed by atoms with E-state index in [9.17, 15) is 0 Å². The van der Waals surface area contributed by atoms with Crippen molar-refractivity contribution in [2.24, 2.45) is 0 Å². The lowest BCUT2D eigenvalue weighted by Gasteiger charge is -2.04. The molecule has 0 heterocycles. The highest BCUT2D eigenvalue weighted by atomic mass is 14.0. The Bertz CT molecular complexity index is 322. The molecule has 0 spiro atoms. The van der Waals surface area contributed by atoms with Crippen molar-refractivity contribution in [2.45, 2.75) is 20.8 Å². The van der Waals surface area contributed by atoms with Gasteiger partial charge in [0.1, 0.15) is 0 Å². The average molecular weight is 172 g/mol. The quantitative estimate of drug-likeness (QED) is 0.629. The molecular formula is C13H16. The van der Waals surface area contributed by atoms with Crippen molar-refractivity contribution >= 4 is 11.6 Å². The van der Waals surface area contributed by atoms with Gasteiger partial charge in [0.05, 0.1) is 0 Å². The summed E-state index contributed by atoms with van der Waals surface area (Å²) in [4.78, 5) is 0. The molecule has 0 N–H and O–H groups in total. The highest BCUT2D eigenvalue weighted by molar-refractivity contribution is 5.67. The van der Waals surface area contributed by atoms with Gasteiger partial charge in [0.25, 0.3) is 0 Å². The molecule has 0 radical (unpaired) electrons. The van der Waals surface area contributed by atoms with Gasteiger partial charge in [0.2, 0.25) is 0 Å². The van der Waals surface area contributed by atoms with Crippen LogP contribution in [0.4, 0.5) is 0 Å². The van der Waals surface area contributed by atoms with Gasteiger partial charge >= 0.3 is 0 Å². The van der Waals surface area contributed by atoms with Crippen LogP contribution in [0.2, 0.25) is 0 Å². The summed E-state index contributed by atoms with van der Waals surface area (Å²) in [7, 11) is 0. The minimum Gasteiger partial charge on any atom is -0.0985 e. The Morgan fingerprint density at radius 1 is 1.08 bits per heavy atom. The van der Waals surface area contributed by atoms with Crippen LogP contribution >= 0.6 is 0 Å². The Labute approximate surface area is 80.6 Å². The molecule has 0 amide bonds. The summed E-state index contributed by atoms with van der Waals surface area (Å²) < 4.78 is 0. The zero-order valence-corrected chi connectivity index (χ0v) is 8.59. The van der Waals surface area contributed by atoms with E-state index in [4.69, 9.17) is 0 Å². The normalized spacial score (nSPS) is 9.46. The lowest BCUT2D eigenvalue weighted by atomic mass is 10.0. The van der Waals surface area contributed by atoms with Gasteiger partial charge < -0.3 is 0 Å². The second-order valence-corrected chi connectivity index (χ2v) is 3.45. The van der Waals surface area contributed by atoms with Gasteiger partial charge in [-0.15, -0.1) is 0 Å². The second-order valence-electron chi connectivity index (χ2n) is 3.45. The largest absolute Gasteiger partial charge is 0.0985 e. The van der Waals surface area contributed by atoms with Crippen molar-refractivity contribution in [2.75, 3.05) is 0 Å². The lowest BCUT2D eigenvalue weighted by molar-refractivity contribution is 1.36. The van der Waals surface area contributed by atoms with Crippen molar-refractivity contribution < 1.29 is 0 Å². The first-order valence-electron chi connectivity index (χ1n) is 4.52. The third-order valence-corrected chi connectivity index (χ3v) is 2.33. The summed E-state index contributed by atoms with van der Waals surface area (Å²) in [5.41, 5.74) is 5.19. The van der Waals surface area contributed by atoms with E-state index in [0.29, 0.717) is 0 Å². The summed E-state index contributed by atoms with van der Waals surface area (Å²) in [6.45, 7) is 10.2. The van der Waals surface area contributed by atoms with Gasteiger partial charge in [-0.05, 0) is 37.5 Å². The Hall–Kier alpha value is -1.30.